The van der Waals surface area contributed by atoms with E-state index >= 15 is 4.39 Å². The van der Waals surface area contributed by atoms with Gasteiger partial charge < -0.3 is 71.2 Å². The van der Waals surface area contributed by atoms with E-state index in [0.717, 1.165) is 98.5 Å². The van der Waals surface area contributed by atoms with Gasteiger partial charge in [0.05, 0.1) is 51.5 Å². The summed E-state index contributed by atoms with van der Waals surface area (Å²) < 4.78 is 54.5. The molecule has 3 aliphatic heterocycles. The fraction of sp³-hybridized carbons (Fsp3) is 0.361. The number of carbonyl (C=O) groups excluding carboxylic acids is 2. The minimum absolute atomic E-state index is 0.205. The van der Waals surface area contributed by atoms with Gasteiger partial charge in [-0.2, -0.15) is 25.8 Å². The van der Waals surface area contributed by atoms with Crippen molar-refractivity contribution in [3.8, 4) is 18.2 Å². The smallest absolute Gasteiger partial charge is 0.410 e. The molecular weight excluding hydrogens is 1450 g/mol. The number of hydrogen-bond donors (Lipinski definition) is 6. The van der Waals surface area contributed by atoms with Gasteiger partial charge >= 0.3 is 12.2 Å². The molecule has 3 aliphatic carbocycles. The molecule has 0 spiro atoms. The molecule has 3 saturated heterocycles. The third-order valence-electron chi connectivity index (χ3n) is 19.7. The number of likely N-dealkylation sites (N-methyl/N-ethyl adjacent to an activating group) is 1. The summed E-state index contributed by atoms with van der Waals surface area (Å²) in [6, 6.07) is 50.8. The van der Waals surface area contributed by atoms with E-state index in [1.54, 1.807) is 76.9 Å². The first-order valence-electron chi connectivity index (χ1n) is 37.3. The highest BCUT2D eigenvalue weighted by Gasteiger charge is 2.47. The number of carbonyl (C=O) groups is 2. The average Bonchev–Trinajstić information content (AvgIpc) is 1.64. The number of nitriles is 3. The highest BCUT2D eigenvalue weighted by Crippen LogP contribution is 2.50. The van der Waals surface area contributed by atoms with Crippen LogP contribution in [-0.4, -0.2) is 154 Å². The standard InChI is InChI=1S/C29H32FN7O2.C25H26FN7.C15H22FN3O2.C14H11ClN4/c1-28(2,3)39-27(38)37-15-13-36(14-16-37)24-8-7-22(18-23(24)30)34-26-32-12-9-25(35-26)33-21-6-4-5-20(17-21)29(19-31)10-11-29;1-32-11-13-33(14-12-32)22-6-5-20(16-21(22)26)30-24-28-10-7-23(31-24)29-19-4-2-3-18(15-19)25(17-27)8-9-25;1-15(2,3)21-14(20)19-8-6-18(7-9-19)13-5-4-11(17)10-12(13)16;15-13-17-7-4-12(19-13)18-11-3-1-2-10(8-11)14(9-16)5-6-14/h4-9,12,17-18H,10-11,13-16H2,1-3H3,(H2,32,33,34,35);2-7,10,15-16H,8-9,11-14H2,1H3,(H2,28,29,30,31);4-5,10H,6-9,17H2,1-3H3;1-4,7-8H,5-6H2,(H,17,18,19). The number of nitrogens with two attached hydrogens (primary N) is 1. The van der Waals surface area contributed by atoms with E-state index < -0.39 is 11.2 Å². The van der Waals surface area contributed by atoms with Gasteiger partial charge in [-0.1, -0.05) is 36.4 Å². The fourth-order valence-corrected chi connectivity index (χ4v) is 13.1. The predicted octanol–water partition coefficient (Wildman–Crippen LogP) is 16.0. The SMILES string of the molecule is CC(C)(C)OC(=O)N1CCN(c2ccc(N)cc2F)CC1.CC(C)(C)OC(=O)N1CCN(c2ccc(Nc3nccc(Nc4cccc(C5(C#N)CC5)c4)n3)cc2F)CC1.CN1CCN(c2ccc(Nc3nccc(Nc4cccc(C5(C#N)CC5)c4)n3)cc2F)CC1.N#CC1(c2cccc(Nc3ccnc(Cl)n3)c2)CC1. The van der Waals surface area contributed by atoms with Crippen LogP contribution in [0.15, 0.2) is 164 Å². The Balaban J connectivity index is 0.000000144. The van der Waals surface area contributed by atoms with Crippen molar-refractivity contribution in [2.45, 2.75) is 108 Å². The monoisotopic (exact) mass is 1540 g/mol. The molecule has 3 aromatic heterocycles. The van der Waals surface area contributed by atoms with Crippen molar-refractivity contribution >= 4 is 104 Å². The normalized spacial score (nSPS) is 16.4. The van der Waals surface area contributed by atoms with Crippen LogP contribution in [0.25, 0.3) is 0 Å². The van der Waals surface area contributed by atoms with Crippen molar-refractivity contribution in [2.75, 3.05) is 133 Å². The molecule has 6 aliphatic rings. The topological polar surface area (TPSA) is 307 Å². The molecule has 2 amide bonds. The van der Waals surface area contributed by atoms with Gasteiger partial charge in [-0.15, -0.1) is 0 Å². The number of nitrogens with zero attached hydrogens (tertiary/aromatic N) is 15. The Morgan fingerprint density at radius 3 is 1.10 bits per heavy atom. The van der Waals surface area contributed by atoms with Crippen LogP contribution in [0.1, 0.15) is 96.8 Å². The lowest BCUT2D eigenvalue weighted by atomic mass is 9.97. The number of nitrogen functional groups attached to an aromatic ring is 1. The Kier molecular flexibility index (Phi) is 24.4. The van der Waals surface area contributed by atoms with Gasteiger partial charge in [0.2, 0.25) is 17.2 Å². The summed E-state index contributed by atoms with van der Waals surface area (Å²) in [5.74, 6) is 1.56. The van der Waals surface area contributed by atoms with E-state index in [0.29, 0.717) is 116 Å². The minimum atomic E-state index is -0.551. The molecular formula is C83H91ClF3N21O4. The maximum atomic E-state index is 15.1. The molecule has 0 bridgehead atoms. The summed E-state index contributed by atoms with van der Waals surface area (Å²) in [4.78, 5) is 61.2. The zero-order chi connectivity index (χ0) is 79.4. The quantitative estimate of drug-likeness (QED) is 0.0387. The summed E-state index contributed by atoms with van der Waals surface area (Å²) in [5, 5.41) is 44.2. The predicted molar refractivity (Wildman–Crippen MR) is 430 cm³/mol. The van der Waals surface area contributed by atoms with Gasteiger partial charge in [0.15, 0.2) is 0 Å². The molecule has 29 heteroatoms. The Labute approximate surface area is 655 Å². The van der Waals surface area contributed by atoms with Crippen molar-refractivity contribution in [2.24, 2.45) is 0 Å². The molecule has 3 saturated carbocycles. The number of ether oxygens (including phenoxy) is 2. The van der Waals surface area contributed by atoms with Crippen LogP contribution in [0.3, 0.4) is 0 Å². The van der Waals surface area contributed by atoms with Gasteiger partial charge in [-0.3, -0.25) is 0 Å². The summed E-state index contributed by atoms with van der Waals surface area (Å²) >= 11 is 5.74. The third-order valence-corrected chi connectivity index (χ3v) is 19.8. The van der Waals surface area contributed by atoms with E-state index in [1.807, 2.05) is 130 Å². The van der Waals surface area contributed by atoms with Crippen LogP contribution in [-0.2, 0) is 25.7 Å². The number of benzene rings is 6. The Morgan fingerprint density at radius 1 is 0.438 bits per heavy atom. The molecule has 6 fully saturated rings. The molecule has 112 heavy (non-hydrogen) atoms. The zero-order valence-electron chi connectivity index (χ0n) is 63.7. The first kappa shape index (κ1) is 79.4. The number of halogens is 4. The summed E-state index contributed by atoms with van der Waals surface area (Å²) in [5.41, 5.74) is 12.3. The first-order valence-corrected chi connectivity index (χ1v) is 37.6. The lowest BCUT2D eigenvalue weighted by molar-refractivity contribution is 0.0230. The average molecular weight is 1540 g/mol. The van der Waals surface area contributed by atoms with Gasteiger partial charge in [0, 0.05) is 131 Å². The second-order valence-corrected chi connectivity index (χ2v) is 30.8. The van der Waals surface area contributed by atoms with E-state index in [-0.39, 0.29) is 51.2 Å². The molecule has 580 valence electrons. The van der Waals surface area contributed by atoms with Crippen LogP contribution >= 0.6 is 11.6 Å². The number of hydrogen-bond acceptors (Lipinski definition) is 23. The van der Waals surface area contributed by atoms with Crippen LogP contribution in [0.4, 0.5) is 103 Å². The summed E-state index contributed by atoms with van der Waals surface area (Å²) in [6.07, 6.45) is 9.64. The Bertz CT molecular complexity index is 4970. The zero-order valence-corrected chi connectivity index (χ0v) is 64.5. The number of rotatable bonds is 16. The van der Waals surface area contributed by atoms with Crippen molar-refractivity contribution in [1.82, 2.24) is 44.6 Å². The van der Waals surface area contributed by atoms with Crippen molar-refractivity contribution in [3.63, 3.8) is 0 Å². The maximum Gasteiger partial charge on any atom is 0.410 e. The highest BCUT2D eigenvalue weighted by atomic mass is 35.5. The second-order valence-electron chi connectivity index (χ2n) is 30.4. The minimum Gasteiger partial charge on any atom is -0.444 e. The van der Waals surface area contributed by atoms with Crippen molar-refractivity contribution in [1.29, 1.82) is 15.8 Å². The largest absolute Gasteiger partial charge is 0.444 e. The second kappa shape index (κ2) is 34.4. The number of piperazine rings is 3. The van der Waals surface area contributed by atoms with Crippen molar-refractivity contribution < 1.29 is 32.2 Å². The van der Waals surface area contributed by atoms with Gasteiger partial charge in [0.25, 0.3) is 0 Å². The highest BCUT2D eigenvalue weighted by molar-refractivity contribution is 6.28. The van der Waals surface area contributed by atoms with Gasteiger partial charge in [-0.25, -0.2) is 42.7 Å². The maximum absolute atomic E-state index is 15.1. The number of nitrogens with one attached hydrogen (secondary N) is 5. The number of aromatic nitrogens is 6. The molecule has 7 N–H and O–H groups in total. The lowest BCUT2D eigenvalue weighted by Gasteiger charge is -2.36. The molecule has 0 atom stereocenters. The van der Waals surface area contributed by atoms with Gasteiger partial charge in [0.1, 0.15) is 46.1 Å². The fourth-order valence-electron chi connectivity index (χ4n) is 13.0. The van der Waals surface area contributed by atoms with Crippen LogP contribution in [0.2, 0.25) is 5.28 Å². The molecule has 9 aromatic rings. The molecule has 0 unspecified atom stereocenters. The summed E-state index contributed by atoms with van der Waals surface area (Å²) in [6.45, 7) is 18.6. The Morgan fingerprint density at radius 2 is 0.768 bits per heavy atom. The van der Waals surface area contributed by atoms with E-state index in [4.69, 9.17) is 26.8 Å². The number of anilines is 14. The summed E-state index contributed by atoms with van der Waals surface area (Å²) in [7, 11) is 2.08. The van der Waals surface area contributed by atoms with E-state index in [9.17, 15) is 34.2 Å². The molecule has 0 radical (unpaired) electrons. The molecule has 25 nitrogen and oxygen atoms in total. The Hall–Kier alpha value is -12.2. The van der Waals surface area contributed by atoms with Crippen LogP contribution < -0.4 is 47.0 Å². The lowest BCUT2D eigenvalue weighted by Crippen LogP contribution is -2.50. The van der Waals surface area contributed by atoms with Crippen LogP contribution in [0.5, 0.6) is 0 Å². The van der Waals surface area contributed by atoms with E-state index in [1.165, 1.54) is 18.2 Å². The first-order chi connectivity index (χ1) is 53.7. The molecule has 6 heterocycles. The molecule has 6 aromatic carbocycles. The van der Waals surface area contributed by atoms with Gasteiger partial charge in [-0.05, 0) is 225 Å². The van der Waals surface area contributed by atoms with Crippen LogP contribution in [0, 0.1) is 51.4 Å². The van der Waals surface area contributed by atoms with Crippen molar-refractivity contribution in [3.05, 3.63) is 204 Å². The third kappa shape index (κ3) is 21.0. The molecule has 15 rings (SSSR count). The number of amides is 2. The van der Waals surface area contributed by atoms with E-state index in [2.05, 4.69) is 91.5 Å².